The van der Waals surface area contributed by atoms with Crippen LogP contribution in [0.15, 0.2) is 47.6 Å². The van der Waals surface area contributed by atoms with Gasteiger partial charge in [-0.15, -0.1) is 0 Å². The molecule has 0 fully saturated rings. The minimum atomic E-state index is -8.69. The number of nitrogens with one attached hydrogen (secondary N) is 1. The molecule has 0 aliphatic carbocycles. The number of hydrogen-bond acceptors (Lipinski definition) is 5. The summed E-state index contributed by atoms with van der Waals surface area (Å²) in [5.74, 6) is -57.8. The van der Waals surface area contributed by atoms with Crippen molar-refractivity contribution >= 4 is 14.2 Å². The van der Waals surface area contributed by atoms with Crippen LogP contribution >= 0.6 is 0 Å². The van der Waals surface area contributed by atoms with Crippen LogP contribution in [0.5, 0.6) is 5.75 Å². The monoisotopic (exact) mass is 895 g/mol. The topological polar surface area (TPSA) is 88.0 Å². The molecular formula is C34H42F17NO5Si. The van der Waals surface area contributed by atoms with E-state index in [1.54, 1.807) is 26.8 Å². The zero-order valence-electron chi connectivity index (χ0n) is 31.6. The van der Waals surface area contributed by atoms with Crippen LogP contribution in [-0.2, 0) is 9.22 Å². The van der Waals surface area contributed by atoms with Gasteiger partial charge >= 0.3 is 47.6 Å². The number of halogens is 17. The Morgan fingerprint density at radius 3 is 1.53 bits per heavy atom. The normalized spacial score (nSPS) is 16.2. The summed E-state index contributed by atoms with van der Waals surface area (Å²) in [5, 5.41) is 19.5. The quantitative estimate of drug-likeness (QED) is 0.0218. The van der Waals surface area contributed by atoms with Crippen molar-refractivity contribution in [1.82, 2.24) is 5.48 Å². The molecule has 0 aromatic heterocycles. The summed E-state index contributed by atoms with van der Waals surface area (Å²) in [5.41, 5.74) is 1.23. The Bertz CT molecular complexity index is 1590. The summed E-state index contributed by atoms with van der Waals surface area (Å²) < 4.78 is 246. The van der Waals surface area contributed by atoms with Gasteiger partial charge in [0.15, 0.2) is 8.32 Å². The van der Waals surface area contributed by atoms with Gasteiger partial charge in [0.1, 0.15) is 12.4 Å². The van der Waals surface area contributed by atoms with Gasteiger partial charge in [0.25, 0.3) is 5.91 Å². The third-order valence-corrected chi connectivity index (χ3v) is 15.3. The van der Waals surface area contributed by atoms with E-state index in [9.17, 15) is 84.5 Å². The summed E-state index contributed by atoms with van der Waals surface area (Å²) in [7, 11) is -3.96. The van der Waals surface area contributed by atoms with Gasteiger partial charge in [0.05, 0.1) is 12.7 Å². The van der Waals surface area contributed by atoms with Crippen LogP contribution in [0.3, 0.4) is 0 Å². The maximum atomic E-state index is 14.9. The van der Waals surface area contributed by atoms with Gasteiger partial charge in [-0.3, -0.25) is 10.0 Å². The van der Waals surface area contributed by atoms with Crippen LogP contribution in [0.4, 0.5) is 74.6 Å². The van der Waals surface area contributed by atoms with E-state index in [0.29, 0.717) is 16.7 Å². The third-order valence-electron chi connectivity index (χ3n) is 9.63. The van der Waals surface area contributed by atoms with E-state index in [4.69, 9.17) is 14.4 Å². The van der Waals surface area contributed by atoms with Gasteiger partial charge in [-0.25, -0.2) is 5.48 Å². The van der Waals surface area contributed by atoms with E-state index in [-0.39, 0.29) is 12.4 Å². The standard InChI is InChI=1S/C34H42F17NO5Si/c1-18(2)58(19(3)4,57-14-13-56-24-10-8-23(9-11-24)26(54)22(7)21(6)16-20(5)17-25(53)52-55)15-12-27(35,36)28(37,38)29(39,40)30(41,42)31(43,44)32(45,46)33(47,48)34(49,50)51/h8-11,16-19,22,26,54-55H,12-15H2,1-7H3,(H,52,53)/b20-17+,21-16+/t22-,26-/m1/s1. The molecule has 2 atom stereocenters. The number of amides is 1. The van der Waals surface area contributed by atoms with Crippen molar-refractivity contribution in [3.05, 3.63) is 53.1 Å². The predicted octanol–water partition coefficient (Wildman–Crippen LogP) is 11.3. The molecule has 336 valence electrons. The zero-order chi connectivity index (χ0) is 45.9. The van der Waals surface area contributed by atoms with Gasteiger partial charge in [-0.1, -0.05) is 58.4 Å². The Hall–Kier alpha value is -3.12. The Balaban J connectivity index is 3.23. The van der Waals surface area contributed by atoms with Crippen LogP contribution in [0.2, 0.25) is 17.1 Å². The molecule has 6 nitrogen and oxygen atoms in total. The average Bonchev–Trinajstić information content (AvgIpc) is 3.09. The van der Waals surface area contributed by atoms with Crippen molar-refractivity contribution in [2.45, 2.75) is 126 Å². The van der Waals surface area contributed by atoms with E-state index in [2.05, 4.69) is 0 Å². The lowest BCUT2D eigenvalue weighted by Gasteiger charge is -2.44. The first-order valence-corrected chi connectivity index (χ1v) is 19.2. The smallest absolute Gasteiger partial charge is 0.460 e. The number of alkyl halides is 17. The van der Waals surface area contributed by atoms with Gasteiger partial charge < -0.3 is 14.3 Å². The number of allylic oxidation sites excluding steroid dienone is 2. The lowest BCUT2D eigenvalue weighted by atomic mass is 9.88. The first-order valence-electron chi connectivity index (χ1n) is 16.9. The molecule has 3 N–H and O–H groups in total. The molecule has 0 heterocycles. The molecule has 0 aliphatic rings. The highest BCUT2D eigenvalue weighted by atomic mass is 28.4. The highest BCUT2D eigenvalue weighted by Gasteiger charge is 2.95. The molecule has 0 spiro atoms. The first kappa shape index (κ1) is 52.9. The van der Waals surface area contributed by atoms with Crippen LogP contribution in [0.1, 0.15) is 66.6 Å². The second-order valence-electron chi connectivity index (χ2n) is 14.2. The van der Waals surface area contributed by atoms with Crippen LogP contribution in [0, 0.1) is 5.92 Å². The van der Waals surface area contributed by atoms with E-state index in [1.165, 1.54) is 57.4 Å². The predicted molar refractivity (Wildman–Crippen MR) is 176 cm³/mol. The Morgan fingerprint density at radius 1 is 0.690 bits per heavy atom. The summed E-state index contributed by atoms with van der Waals surface area (Å²) >= 11 is 0. The van der Waals surface area contributed by atoms with Gasteiger partial charge in [-0.2, -0.15) is 74.6 Å². The number of aliphatic hydroxyl groups excluding tert-OH is 1. The van der Waals surface area contributed by atoms with Gasteiger partial charge in [0, 0.05) is 18.4 Å². The molecule has 1 aromatic carbocycles. The maximum Gasteiger partial charge on any atom is 0.460 e. The van der Waals surface area contributed by atoms with Crippen molar-refractivity contribution in [2.75, 3.05) is 13.2 Å². The average molecular weight is 896 g/mol. The Kier molecular flexibility index (Phi) is 16.6. The minimum absolute atomic E-state index is 0.152. The highest BCUT2D eigenvalue weighted by Crippen LogP contribution is 2.64. The first-order chi connectivity index (χ1) is 25.9. The van der Waals surface area contributed by atoms with E-state index < -0.39 is 104 Å². The van der Waals surface area contributed by atoms with Crippen molar-refractivity contribution in [3.63, 3.8) is 0 Å². The summed E-state index contributed by atoms with van der Waals surface area (Å²) in [6.07, 6.45) is -8.73. The summed E-state index contributed by atoms with van der Waals surface area (Å²) in [6.45, 7) is 9.34. The van der Waals surface area contributed by atoms with Crippen molar-refractivity contribution in [2.24, 2.45) is 5.92 Å². The number of hydrogen-bond donors (Lipinski definition) is 3. The van der Waals surface area contributed by atoms with Gasteiger partial charge in [0.2, 0.25) is 0 Å². The molecule has 0 radical (unpaired) electrons. The molecule has 0 aliphatic heterocycles. The molecule has 0 unspecified atom stereocenters. The lowest BCUT2D eigenvalue weighted by Crippen LogP contribution is -2.74. The van der Waals surface area contributed by atoms with Gasteiger partial charge in [-0.05, 0) is 54.2 Å². The van der Waals surface area contributed by atoms with Crippen LogP contribution < -0.4 is 10.2 Å². The molecule has 58 heavy (non-hydrogen) atoms. The largest absolute Gasteiger partial charge is 0.491 e. The summed E-state index contributed by atoms with van der Waals surface area (Å²) in [6, 6.07) is 4.42. The minimum Gasteiger partial charge on any atom is -0.491 e. The fraction of sp³-hybridized carbons (Fsp3) is 0.676. The summed E-state index contributed by atoms with van der Waals surface area (Å²) in [4.78, 5) is 11.3. The molecule has 0 bridgehead atoms. The number of carbonyl (C=O) groups excluding carboxylic acids is 1. The molecule has 0 saturated heterocycles. The molecular weight excluding hydrogens is 853 g/mol. The molecule has 1 aromatic rings. The molecule has 1 amide bonds. The maximum absolute atomic E-state index is 14.9. The second kappa shape index (κ2) is 18.2. The van der Waals surface area contributed by atoms with Crippen molar-refractivity contribution < 1.29 is 98.9 Å². The Labute approximate surface area is 322 Å². The van der Waals surface area contributed by atoms with E-state index in [1.807, 2.05) is 0 Å². The zero-order valence-corrected chi connectivity index (χ0v) is 32.6. The molecule has 1 rings (SSSR count). The molecule has 24 heteroatoms. The number of rotatable bonds is 21. The highest BCUT2D eigenvalue weighted by molar-refractivity contribution is 6.76. The van der Waals surface area contributed by atoms with Crippen LogP contribution in [-0.4, -0.2) is 85.4 Å². The number of hydroxylamine groups is 1. The third kappa shape index (κ3) is 10.1. The molecule has 0 saturated carbocycles. The number of aliphatic hydroxyl groups is 1. The van der Waals surface area contributed by atoms with Crippen molar-refractivity contribution in [1.29, 1.82) is 0 Å². The fourth-order valence-electron chi connectivity index (χ4n) is 5.82. The van der Waals surface area contributed by atoms with E-state index in [0.717, 1.165) is 6.08 Å². The second-order valence-corrected chi connectivity index (χ2v) is 19.2. The SMILES string of the molecule is CC(=C\C(=O)NO)/C=C(\C)[C@@H](C)[C@@H](O)c1ccc(OCCO[Si](CCC(F)(F)C(F)(F)C(F)(F)C(F)(F)C(F)(F)C(F)(F)C(F)(F)C(F)(F)F)(C(C)C)C(C)C)cc1. The van der Waals surface area contributed by atoms with Crippen molar-refractivity contribution in [3.8, 4) is 5.75 Å². The number of ether oxygens (including phenoxy) is 1. The van der Waals surface area contributed by atoms with Crippen LogP contribution in [0.25, 0.3) is 0 Å². The fourth-order valence-corrected chi connectivity index (χ4v) is 10.3. The number of benzene rings is 1. The Morgan fingerprint density at radius 2 is 1.12 bits per heavy atom. The number of carbonyl (C=O) groups is 1. The van der Waals surface area contributed by atoms with E-state index >= 15 is 0 Å². The lowest BCUT2D eigenvalue weighted by molar-refractivity contribution is -0.461.